The number of fused-ring (bicyclic) bond motifs is 1. The van der Waals surface area contributed by atoms with Crippen LogP contribution < -0.4 is 16.2 Å². The van der Waals surface area contributed by atoms with Crippen LogP contribution in [0.2, 0.25) is 0 Å². The number of imidazole rings is 1. The van der Waals surface area contributed by atoms with E-state index in [9.17, 15) is 9.36 Å². The van der Waals surface area contributed by atoms with Gasteiger partial charge in [-0.1, -0.05) is 22.8 Å². The normalized spacial score (nSPS) is 11.7. The van der Waals surface area contributed by atoms with Crippen LogP contribution >= 0.6 is 7.80 Å². The van der Waals surface area contributed by atoms with E-state index in [4.69, 9.17) is 15.2 Å². The van der Waals surface area contributed by atoms with Gasteiger partial charge < -0.3 is 20.2 Å². The van der Waals surface area contributed by atoms with E-state index in [0.29, 0.717) is 30.5 Å². The van der Waals surface area contributed by atoms with Crippen molar-refractivity contribution in [2.75, 3.05) is 32.7 Å². The molecule has 0 amide bonds. The fourth-order valence-corrected chi connectivity index (χ4v) is 3.44. The number of hydrogen-bond donors (Lipinski definition) is 2. The zero-order chi connectivity index (χ0) is 19.4. The molecule has 1 aromatic carbocycles. The third-order valence-corrected chi connectivity index (χ3v) is 4.70. The van der Waals surface area contributed by atoms with Crippen molar-refractivity contribution in [3.8, 4) is 6.01 Å². The highest BCUT2D eigenvalue weighted by Crippen LogP contribution is 2.23. The quantitative estimate of drug-likeness (QED) is 0.443. The summed E-state index contributed by atoms with van der Waals surface area (Å²) >= 11 is 0. The summed E-state index contributed by atoms with van der Waals surface area (Å²) in [5, 5.41) is 0. The Morgan fingerprint density at radius 1 is 1.26 bits per heavy atom. The Morgan fingerprint density at radius 2 is 2.04 bits per heavy atom. The van der Waals surface area contributed by atoms with Crippen molar-refractivity contribution in [2.24, 2.45) is 0 Å². The van der Waals surface area contributed by atoms with Gasteiger partial charge in [-0.3, -0.25) is 4.57 Å². The number of aromatic amines is 1. The molecule has 10 heteroatoms. The summed E-state index contributed by atoms with van der Waals surface area (Å²) in [4.78, 5) is 23.5. The maximum Gasteiger partial charge on any atom is 0.340 e. The molecule has 0 saturated carbocycles. The first-order valence-electron chi connectivity index (χ1n) is 8.31. The van der Waals surface area contributed by atoms with Gasteiger partial charge in [0.1, 0.15) is 18.8 Å². The lowest BCUT2D eigenvalue weighted by Crippen LogP contribution is -2.18. The fourth-order valence-electron chi connectivity index (χ4n) is 2.72. The van der Waals surface area contributed by atoms with Gasteiger partial charge in [0.2, 0.25) is 0 Å². The second kappa shape index (κ2) is 8.28. The van der Waals surface area contributed by atoms with E-state index in [2.05, 4.69) is 15.0 Å². The van der Waals surface area contributed by atoms with Gasteiger partial charge in [-0.2, -0.15) is 9.97 Å². The first kappa shape index (κ1) is 19.0. The molecule has 142 valence electrons. The average Bonchev–Trinajstić information content (AvgIpc) is 2.92. The maximum absolute atomic E-state index is 12.4. The Bertz CT molecular complexity index is 1030. The minimum Gasteiger partial charge on any atom is -0.461 e. The molecule has 3 N–H and O–H groups in total. The van der Waals surface area contributed by atoms with Gasteiger partial charge in [-0.05, 0) is 17.2 Å². The number of nitrogens with zero attached hydrogens (tertiary/aromatic N) is 3. The van der Waals surface area contributed by atoms with Crippen LogP contribution in [0.5, 0.6) is 6.01 Å². The lowest BCUT2D eigenvalue weighted by atomic mass is 10.1. The van der Waals surface area contributed by atoms with E-state index in [-0.39, 0.29) is 24.1 Å². The summed E-state index contributed by atoms with van der Waals surface area (Å²) < 4.78 is 23.3. The van der Waals surface area contributed by atoms with Crippen LogP contribution in [0.1, 0.15) is 11.1 Å². The molecule has 3 rings (SSSR count). The first-order valence-corrected chi connectivity index (χ1v) is 10.2. The molecule has 9 nitrogen and oxygen atoms in total. The molecule has 0 radical (unpaired) electrons. The molecule has 1 unspecified atom stereocenters. The third-order valence-electron chi connectivity index (χ3n) is 3.89. The smallest absolute Gasteiger partial charge is 0.340 e. The van der Waals surface area contributed by atoms with Crippen LogP contribution in [0.15, 0.2) is 29.1 Å². The van der Waals surface area contributed by atoms with Crippen LogP contribution in [-0.2, 0) is 22.0 Å². The van der Waals surface area contributed by atoms with E-state index in [1.807, 2.05) is 24.3 Å². The maximum atomic E-state index is 12.4. The SMILES string of the molecule is COCCOc1nc(N)c2[nH]c(=O)n(Cc3cccc(C[P+](C)=O)c3)c2n1. The van der Waals surface area contributed by atoms with Crippen LogP contribution in [0.4, 0.5) is 5.82 Å². The lowest BCUT2D eigenvalue weighted by molar-refractivity contribution is 0.141. The molecule has 0 aliphatic rings. The molecule has 0 fully saturated rings. The Labute approximate surface area is 156 Å². The van der Waals surface area contributed by atoms with E-state index in [0.717, 1.165) is 11.1 Å². The number of H-pyrrole nitrogens is 1. The van der Waals surface area contributed by atoms with Crippen molar-refractivity contribution in [1.29, 1.82) is 0 Å². The Hall–Kier alpha value is -2.77. The number of hydrogen-bond acceptors (Lipinski definition) is 7. The molecule has 3 aromatic rings. The number of rotatable bonds is 8. The Balaban J connectivity index is 1.95. The summed E-state index contributed by atoms with van der Waals surface area (Å²) in [5.41, 5.74) is 8.19. The van der Waals surface area contributed by atoms with Gasteiger partial charge in [-0.25, -0.2) is 4.79 Å². The highest BCUT2D eigenvalue weighted by atomic mass is 31.1. The minimum absolute atomic E-state index is 0.0848. The van der Waals surface area contributed by atoms with Crippen LogP contribution in [0.25, 0.3) is 11.2 Å². The number of nitrogen functional groups attached to an aromatic ring is 1. The summed E-state index contributed by atoms with van der Waals surface area (Å²) in [6, 6.07) is 7.72. The fraction of sp³-hybridized carbons (Fsp3) is 0.353. The van der Waals surface area contributed by atoms with Gasteiger partial charge in [0.25, 0.3) is 0 Å². The zero-order valence-corrected chi connectivity index (χ0v) is 16.0. The molecule has 0 aliphatic heterocycles. The van der Waals surface area contributed by atoms with Gasteiger partial charge in [0, 0.05) is 7.11 Å². The molecule has 27 heavy (non-hydrogen) atoms. The third kappa shape index (κ3) is 4.50. The molecule has 0 aliphatic carbocycles. The van der Waals surface area contributed by atoms with E-state index >= 15 is 0 Å². The number of nitrogens with one attached hydrogen (secondary N) is 1. The summed E-state index contributed by atoms with van der Waals surface area (Å²) in [6.45, 7) is 2.64. The Kier molecular flexibility index (Phi) is 5.83. The largest absolute Gasteiger partial charge is 0.461 e. The number of aromatic nitrogens is 4. The molecule has 0 bridgehead atoms. The average molecular weight is 390 g/mol. The molecule has 0 saturated heterocycles. The van der Waals surface area contributed by atoms with Crippen LogP contribution in [-0.4, -0.2) is 46.5 Å². The van der Waals surface area contributed by atoms with Crippen LogP contribution in [0.3, 0.4) is 0 Å². The summed E-state index contributed by atoms with van der Waals surface area (Å²) in [7, 11) is 0.285. The predicted octanol–water partition coefficient (Wildman–Crippen LogP) is 1.73. The van der Waals surface area contributed by atoms with Crippen molar-refractivity contribution in [1.82, 2.24) is 19.5 Å². The Morgan fingerprint density at radius 3 is 2.78 bits per heavy atom. The number of methoxy groups -OCH3 is 1. The van der Waals surface area contributed by atoms with E-state index in [1.54, 1.807) is 13.8 Å². The molecular weight excluding hydrogens is 369 g/mol. The molecule has 0 spiro atoms. The molecular formula is C17H21N5O4P+. The first-order chi connectivity index (χ1) is 13.0. The summed E-state index contributed by atoms with van der Waals surface area (Å²) in [6.07, 6.45) is 0.499. The molecule has 1 atom stereocenters. The van der Waals surface area contributed by atoms with Gasteiger partial charge in [-0.15, -0.1) is 0 Å². The lowest BCUT2D eigenvalue weighted by Gasteiger charge is -2.07. The topological polar surface area (TPSA) is 125 Å². The summed E-state index contributed by atoms with van der Waals surface area (Å²) in [5.74, 6) is 0.139. The van der Waals surface area contributed by atoms with E-state index < -0.39 is 7.80 Å². The second-order valence-electron chi connectivity index (χ2n) is 6.05. The number of ether oxygens (including phenoxy) is 2. The van der Waals surface area contributed by atoms with Gasteiger partial charge >= 0.3 is 19.5 Å². The van der Waals surface area contributed by atoms with Crippen molar-refractivity contribution in [3.05, 3.63) is 45.9 Å². The monoisotopic (exact) mass is 390 g/mol. The standard InChI is InChI=1S/C17H20N5O4P/c1-25-6-7-26-16-20-14(18)13-15(21-16)22(17(23)19-13)9-11-4-3-5-12(8-11)10-27(2)24/h3-5,8H,6-7,9-10H2,1-2H3,(H2-,18,19,20,21,23)/p+1. The highest BCUT2D eigenvalue weighted by molar-refractivity contribution is 7.42. The number of nitrogens with two attached hydrogens (primary N) is 1. The van der Waals surface area contributed by atoms with Gasteiger partial charge in [0.15, 0.2) is 17.6 Å². The van der Waals surface area contributed by atoms with Crippen molar-refractivity contribution >= 4 is 24.8 Å². The van der Waals surface area contributed by atoms with Crippen molar-refractivity contribution in [3.63, 3.8) is 0 Å². The second-order valence-corrected chi connectivity index (χ2v) is 7.63. The predicted molar refractivity (Wildman–Crippen MR) is 103 cm³/mol. The number of benzene rings is 1. The number of anilines is 1. The van der Waals surface area contributed by atoms with Crippen LogP contribution in [0, 0.1) is 0 Å². The molecule has 2 heterocycles. The zero-order valence-electron chi connectivity index (χ0n) is 15.1. The van der Waals surface area contributed by atoms with Gasteiger partial charge in [0.05, 0.1) is 13.2 Å². The van der Waals surface area contributed by atoms with Crippen molar-refractivity contribution in [2.45, 2.75) is 12.7 Å². The molecule has 2 aromatic heterocycles. The van der Waals surface area contributed by atoms with Crippen molar-refractivity contribution < 1.29 is 14.0 Å². The highest BCUT2D eigenvalue weighted by Gasteiger charge is 2.15. The minimum atomic E-state index is -1.28. The van der Waals surface area contributed by atoms with E-state index in [1.165, 1.54) is 4.57 Å².